The van der Waals surface area contributed by atoms with Gasteiger partial charge in [-0.1, -0.05) is 76.6 Å². The van der Waals surface area contributed by atoms with Crippen molar-refractivity contribution in [3.63, 3.8) is 0 Å². The number of hydrogen-bond acceptors (Lipinski definition) is 5. The van der Waals surface area contributed by atoms with Crippen molar-refractivity contribution in [2.75, 3.05) is 13.2 Å². The van der Waals surface area contributed by atoms with Crippen LogP contribution in [0, 0.1) is 0 Å². The summed E-state index contributed by atoms with van der Waals surface area (Å²) in [4.78, 5) is 25.0. The van der Waals surface area contributed by atoms with Crippen LogP contribution in [0.3, 0.4) is 0 Å². The standard InChI is InChI=1S/C21H22BrNO5/c22-19(18(24)14-27-12-16-9-5-2-6-10-16)20(25)23-17(13-28-21(23)26)11-15-7-3-1-4-8-15/h1-10,17-19,24H,11-14H2/t17-,18+,19-/m0/s1. The zero-order valence-electron chi connectivity index (χ0n) is 15.2. The van der Waals surface area contributed by atoms with E-state index in [0.717, 1.165) is 16.0 Å². The Bertz CT molecular complexity index is 786. The Morgan fingerprint density at radius 3 is 2.39 bits per heavy atom. The van der Waals surface area contributed by atoms with Gasteiger partial charge >= 0.3 is 6.09 Å². The van der Waals surface area contributed by atoms with Gasteiger partial charge in [0.1, 0.15) is 11.4 Å². The van der Waals surface area contributed by atoms with Crippen molar-refractivity contribution in [2.45, 2.75) is 30.0 Å². The maximum Gasteiger partial charge on any atom is 0.417 e. The van der Waals surface area contributed by atoms with Gasteiger partial charge in [-0.25, -0.2) is 9.69 Å². The predicted molar refractivity (Wildman–Crippen MR) is 107 cm³/mol. The van der Waals surface area contributed by atoms with Crippen molar-refractivity contribution in [3.05, 3.63) is 71.8 Å². The summed E-state index contributed by atoms with van der Waals surface area (Å²) in [5.74, 6) is -0.528. The highest BCUT2D eigenvalue weighted by Crippen LogP contribution is 2.22. The zero-order chi connectivity index (χ0) is 19.9. The van der Waals surface area contributed by atoms with Crippen molar-refractivity contribution in [3.8, 4) is 0 Å². The molecular weight excluding hydrogens is 426 g/mol. The van der Waals surface area contributed by atoms with Crippen LogP contribution in [0.5, 0.6) is 0 Å². The van der Waals surface area contributed by atoms with Gasteiger partial charge in [0.05, 0.1) is 25.4 Å². The first-order chi connectivity index (χ1) is 13.6. The van der Waals surface area contributed by atoms with Crippen LogP contribution >= 0.6 is 15.9 Å². The van der Waals surface area contributed by atoms with Gasteiger partial charge in [0.25, 0.3) is 0 Å². The third-order valence-electron chi connectivity index (χ3n) is 4.49. The summed E-state index contributed by atoms with van der Waals surface area (Å²) in [6.45, 7) is 0.427. The molecule has 0 unspecified atom stereocenters. The van der Waals surface area contributed by atoms with Crippen LogP contribution in [-0.4, -0.2) is 52.2 Å². The summed E-state index contributed by atoms with van der Waals surface area (Å²) in [7, 11) is 0. The number of hydrogen-bond donors (Lipinski definition) is 1. The molecule has 7 heteroatoms. The number of imide groups is 1. The molecule has 1 N–H and O–H groups in total. The number of carbonyl (C=O) groups excluding carboxylic acids is 2. The summed E-state index contributed by atoms with van der Waals surface area (Å²) < 4.78 is 10.6. The molecule has 1 fully saturated rings. The van der Waals surface area contributed by atoms with E-state index in [-0.39, 0.29) is 13.2 Å². The maximum atomic E-state index is 12.8. The van der Waals surface area contributed by atoms with E-state index >= 15 is 0 Å². The number of alkyl halides is 1. The monoisotopic (exact) mass is 447 g/mol. The maximum absolute atomic E-state index is 12.8. The second kappa shape index (κ2) is 9.82. The molecule has 2 aromatic carbocycles. The Hall–Kier alpha value is -2.22. The minimum atomic E-state index is -1.10. The number of carbonyl (C=O) groups is 2. The lowest BCUT2D eigenvalue weighted by Crippen LogP contribution is -2.48. The summed E-state index contributed by atoms with van der Waals surface area (Å²) >= 11 is 3.22. The fraction of sp³-hybridized carbons (Fsp3) is 0.333. The van der Waals surface area contributed by atoms with E-state index in [1.165, 1.54) is 0 Å². The van der Waals surface area contributed by atoms with E-state index in [1.807, 2.05) is 60.7 Å². The second-order valence-corrected chi connectivity index (χ2v) is 7.59. The Morgan fingerprint density at radius 2 is 1.75 bits per heavy atom. The molecule has 3 rings (SSSR count). The van der Waals surface area contributed by atoms with E-state index in [1.54, 1.807) is 0 Å². The van der Waals surface area contributed by atoms with E-state index in [4.69, 9.17) is 9.47 Å². The normalized spacial score (nSPS) is 18.6. The van der Waals surface area contributed by atoms with E-state index in [0.29, 0.717) is 13.0 Å². The lowest BCUT2D eigenvalue weighted by Gasteiger charge is -2.24. The molecule has 3 atom stereocenters. The Labute approximate surface area is 172 Å². The number of halogens is 1. The molecule has 0 aromatic heterocycles. The van der Waals surface area contributed by atoms with Crippen molar-refractivity contribution < 1.29 is 24.2 Å². The SMILES string of the molecule is O=C1OC[C@H](Cc2ccccc2)N1C(=O)[C@@H](Br)[C@H](O)COCc1ccccc1. The Morgan fingerprint density at radius 1 is 1.14 bits per heavy atom. The van der Waals surface area contributed by atoms with E-state index < -0.39 is 29.0 Å². The fourth-order valence-corrected chi connectivity index (χ4v) is 3.39. The minimum Gasteiger partial charge on any atom is -0.447 e. The molecule has 1 saturated heterocycles. The molecule has 28 heavy (non-hydrogen) atoms. The molecule has 0 aliphatic carbocycles. The van der Waals surface area contributed by atoms with Gasteiger partial charge in [0.2, 0.25) is 5.91 Å². The second-order valence-electron chi connectivity index (χ2n) is 6.60. The third-order valence-corrected chi connectivity index (χ3v) is 5.49. The molecule has 0 spiro atoms. The van der Waals surface area contributed by atoms with E-state index in [2.05, 4.69) is 15.9 Å². The molecular formula is C21H22BrNO5. The summed E-state index contributed by atoms with van der Waals surface area (Å²) in [6, 6.07) is 18.7. The molecule has 2 aromatic rings. The third kappa shape index (κ3) is 5.19. The van der Waals surface area contributed by atoms with Gasteiger partial charge in [-0.15, -0.1) is 0 Å². The highest BCUT2D eigenvalue weighted by Gasteiger charge is 2.42. The highest BCUT2D eigenvalue weighted by molar-refractivity contribution is 9.10. The Balaban J connectivity index is 1.56. The largest absolute Gasteiger partial charge is 0.447 e. The lowest BCUT2D eigenvalue weighted by molar-refractivity contribution is -0.131. The van der Waals surface area contributed by atoms with Gasteiger partial charge in [0.15, 0.2) is 0 Å². The van der Waals surface area contributed by atoms with Crippen LogP contribution in [0.1, 0.15) is 11.1 Å². The number of rotatable bonds is 8. The van der Waals surface area contributed by atoms with Gasteiger partial charge in [-0.05, 0) is 17.5 Å². The van der Waals surface area contributed by atoms with Gasteiger partial charge in [-0.2, -0.15) is 0 Å². The zero-order valence-corrected chi connectivity index (χ0v) is 16.8. The number of aliphatic hydroxyl groups excluding tert-OH is 1. The summed E-state index contributed by atoms with van der Waals surface area (Å²) in [5.41, 5.74) is 1.97. The first-order valence-electron chi connectivity index (χ1n) is 9.04. The van der Waals surface area contributed by atoms with Crippen LogP contribution in [-0.2, 0) is 27.3 Å². The van der Waals surface area contributed by atoms with Crippen LogP contribution in [0.2, 0.25) is 0 Å². The lowest BCUT2D eigenvalue weighted by atomic mass is 10.1. The number of amides is 2. The number of ether oxygens (including phenoxy) is 2. The van der Waals surface area contributed by atoms with Crippen LogP contribution < -0.4 is 0 Å². The molecule has 0 radical (unpaired) electrons. The summed E-state index contributed by atoms with van der Waals surface area (Å²) in [6.07, 6.45) is -1.28. The molecule has 1 aliphatic rings. The van der Waals surface area contributed by atoms with Crippen LogP contribution in [0.15, 0.2) is 60.7 Å². The Kier molecular flexibility index (Phi) is 7.19. The van der Waals surface area contributed by atoms with Crippen molar-refractivity contribution >= 4 is 27.9 Å². The van der Waals surface area contributed by atoms with Crippen molar-refractivity contribution in [1.82, 2.24) is 4.90 Å². The molecule has 1 aliphatic heterocycles. The number of cyclic esters (lactones) is 1. The highest BCUT2D eigenvalue weighted by atomic mass is 79.9. The van der Waals surface area contributed by atoms with Gasteiger partial charge in [-0.3, -0.25) is 4.79 Å². The number of aliphatic hydroxyl groups is 1. The number of nitrogens with zero attached hydrogens (tertiary/aromatic N) is 1. The van der Waals surface area contributed by atoms with Gasteiger partial charge < -0.3 is 14.6 Å². The van der Waals surface area contributed by atoms with Crippen LogP contribution in [0.25, 0.3) is 0 Å². The quantitative estimate of drug-likeness (QED) is 0.629. The van der Waals surface area contributed by atoms with Gasteiger partial charge in [0, 0.05) is 0 Å². The molecule has 148 valence electrons. The average Bonchev–Trinajstić information content (AvgIpc) is 3.08. The molecule has 0 saturated carbocycles. The minimum absolute atomic E-state index is 0.0389. The molecule has 0 bridgehead atoms. The fourth-order valence-electron chi connectivity index (χ4n) is 3.02. The van der Waals surface area contributed by atoms with Crippen molar-refractivity contribution in [1.29, 1.82) is 0 Å². The smallest absolute Gasteiger partial charge is 0.417 e. The molecule has 2 amide bonds. The summed E-state index contributed by atoms with van der Waals surface area (Å²) in [5, 5.41) is 10.3. The molecule has 1 heterocycles. The predicted octanol–water partition coefficient (Wildman–Crippen LogP) is 2.92. The van der Waals surface area contributed by atoms with Crippen molar-refractivity contribution in [2.24, 2.45) is 0 Å². The van der Waals surface area contributed by atoms with Crippen LogP contribution in [0.4, 0.5) is 4.79 Å². The van der Waals surface area contributed by atoms with E-state index in [9.17, 15) is 14.7 Å². The first kappa shape index (κ1) is 20.5. The topological polar surface area (TPSA) is 76.1 Å². The molecule has 6 nitrogen and oxygen atoms in total. The number of benzene rings is 2. The first-order valence-corrected chi connectivity index (χ1v) is 9.95. The average molecular weight is 448 g/mol.